The third-order valence-corrected chi connectivity index (χ3v) is 5.64. The number of amides is 1. The number of anilines is 1. The lowest BCUT2D eigenvalue weighted by atomic mass is 10.2. The average molecular weight is 391 g/mol. The van der Waals surface area contributed by atoms with Crippen molar-refractivity contribution in [3.8, 4) is 5.75 Å². The molecule has 0 radical (unpaired) electrons. The second-order valence-electron chi connectivity index (χ2n) is 5.95. The quantitative estimate of drug-likeness (QED) is 0.709. The summed E-state index contributed by atoms with van der Waals surface area (Å²) in [7, 11) is -0.942. The summed E-state index contributed by atoms with van der Waals surface area (Å²) in [5, 5.41) is 2.77. The van der Waals surface area contributed by atoms with Crippen molar-refractivity contribution in [2.24, 2.45) is 0 Å². The summed E-state index contributed by atoms with van der Waals surface area (Å²) in [5.41, 5.74) is 1.26. The normalized spacial score (nSPS) is 11.3. The molecule has 0 aliphatic heterocycles. The lowest BCUT2D eigenvalue weighted by Crippen LogP contribution is -2.45. The van der Waals surface area contributed by atoms with Gasteiger partial charge in [-0.3, -0.25) is 4.79 Å². The van der Waals surface area contributed by atoms with Crippen LogP contribution in [0.4, 0.5) is 5.69 Å². The Morgan fingerprint density at radius 1 is 1.04 bits per heavy atom. The minimum atomic E-state index is -3.81. The fourth-order valence-corrected chi connectivity index (χ4v) is 3.49. The lowest BCUT2D eigenvalue weighted by molar-refractivity contribution is -0.119. The number of carbonyl (C=O) groups is 1. The molecule has 0 aliphatic rings. The summed E-state index contributed by atoms with van der Waals surface area (Å²) in [6.45, 7) is 2.34. The Hall–Kier alpha value is -2.58. The molecule has 146 valence electrons. The van der Waals surface area contributed by atoms with Crippen LogP contribution in [0.25, 0.3) is 0 Å². The lowest BCUT2D eigenvalue weighted by Gasteiger charge is -2.26. The molecule has 1 N–H and O–H groups in total. The average Bonchev–Trinajstić information content (AvgIpc) is 2.66. The largest absolute Gasteiger partial charge is 0.494 e. The van der Waals surface area contributed by atoms with Crippen molar-refractivity contribution in [2.75, 3.05) is 31.6 Å². The van der Waals surface area contributed by atoms with Crippen LogP contribution in [0.5, 0.6) is 5.75 Å². The molecule has 2 rings (SSSR count). The van der Waals surface area contributed by atoms with E-state index in [9.17, 15) is 13.2 Å². The number of hydrogen-bond acceptors (Lipinski definition) is 4. The van der Waals surface area contributed by atoms with Crippen LogP contribution < -0.4 is 14.4 Å². The maximum Gasteiger partial charge on any atom is 0.304 e. The summed E-state index contributed by atoms with van der Waals surface area (Å²) < 4.78 is 33.0. The fraction of sp³-hybridized carbons (Fsp3) is 0.316. The molecule has 0 aliphatic carbocycles. The summed E-state index contributed by atoms with van der Waals surface area (Å²) >= 11 is 0. The second kappa shape index (κ2) is 9.38. The van der Waals surface area contributed by atoms with Crippen molar-refractivity contribution in [1.82, 2.24) is 9.62 Å². The minimum absolute atomic E-state index is 0.250. The van der Waals surface area contributed by atoms with Crippen molar-refractivity contribution in [2.45, 2.75) is 13.5 Å². The molecule has 0 saturated heterocycles. The summed E-state index contributed by atoms with van der Waals surface area (Å²) in [6.07, 6.45) is 0. The van der Waals surface area contributed by atoms with E-state index in [-0.39, 0.29) is 13.1 Å². The molecule has 1 amide bonds. The van der Waals surface area contributed by atoms with Gasteiger partial charge in [0, 0.05) is 26.2 Å². The van der Waals surface area contributed by atoms with Gasteiger partial charge in [0.2, 0.25) is 5.91 Å². The van der Waals surface area contributed by atoms with Gasteiger partial charge in [0.15, 0.2) is 0 Å². The maximum atomic E-state index is 12.6. The molecule has 0 spiro atoms. The Kier molecular flexibility index (Phi) is 7.20. The topological polar surface area (TPSA) is 79.0 Å². The van der Waals surface area contributed by atoms with Gasteiger partial charge in [-0.25, -0.2) is 4.31 Å². The zero-order valence-corrected chi connectivity index (χ0v) is 16.6. The highest BCUT2D eigenvalue weighted by Crippen LogP contribution is 2.19. The first-order valence-corrected chi connectivity index (χ1v) is 9.98. The molecule has 0 heterocycles. The highest BCUT2D eigenvalue weighted by molar-refractivity contribution is 7.90. The van der Waals surface area contributed by atoms with Gasteiger partial charge in [0.05, 0.1) is 12.3 Å². The highest BCUT2D eigenvalue weighted by atomic mass is 32.2. The Labute approximate surface area is 160 Å². The minimum Gasteiger partial charge on any atom is -0.494 e. The van der Waals surface area contributed by atoms with Crippen molar-refractivity contribution in [3.63, 3.8) is 0 Å². The fourth-order valence-electron chi connectivity index (χ4n) is 2.42. The van der Waals surface area contributed by atoms with Crippen LogP contribution in [0.2, 0.25) is 0 Å². The summed E-state index contributed by atoms with van der Waals surface area (Å²) in [6, 6.07) is 15.9. The van der Waals surface area contributed by atoms with E-state index in [4.69, 9.17) is 4.74 Å². The van der Waals surface area contributed by atoms with Crippen LogP contribution in [0.1, 0.15) is 12.5 Å². The predicted octanol–water partition coefficient (Wildman–Crippen LogP) is 2.01. The van der Waals surface area contributed by atoms with Crippen molar-refractivity contribution < 1.29 is 17.9 Å². The van der Waals surface area contributed by atoms with Gasteiger partial charge in [-0.1, -0.05) is 36.4 Å². The molecule has 0 unspecified atom stereocenters. The van der Waals surface area contributed by atoms with E-state index in [0.29, 0.717) is 18.0 Å². The molecule has 27 heavy (non-hydrogen) atoms. The van der Waals surface area contributed by atoms with Gasteiger partial charge in [-0.15, -0.1) is 0 Å². The van der Waals surface area contributed by atoms with Gasteiger partial charge in [-0.2, -0.15) is 12.7 Å². The van der Waals surface area contributed by atoms with Gasteiger partial charge in [0.1, 0.15) is 12.3 Å². The molecule has 8 heteroatoms. The summed E-state index contributed by atoms with van der Waals surface area (Å²) in [5.74, 6) is 0.289. The van der Waals surface area contributed by atoms with Gasteiger partial charge < -0.3 is 10.1 Å². The van der Waals surface area contributed by atoms with Gasteiger partial charge in [0.25, 0.3) is 0 Å². The number of nitrogens with one attached hydrogen (secondary N) is 1. The zero-order chi connectivity index (χ0) is 19.9. The van der Waals surface area contributed by atoms with Crippen molar-refractivity contribution in [1.29, 1.82) is 0 Å². The molecule has 0 fully saturated rings. The smallest absolute Gasteiger partial charge is 0.304 e. The predicted molar refractivity (Wildman–Crippen MR) is 106 cm³/mol. The van der Waals surface area contributed by atoms with E-state index in [1.165, 1.54) is 14.1 Å². The van der Waals surface area contributed by atoms with E-state index in [1.807, 2.05) is 31.2 Å². The molecule has 0 saturated carbocycles. The zero-order valence-electron chi connectivity index (χ0n) is 15.8. The van der Waals surface area contributed by atoms with Crippen LogP contribution in [0, 0.1) is 0 Å². The van der Waals surface area contributed by atoms with Crippen LogP contribution in [-0.2, 0) is 21.5 Å². The number of benzene rings is 2. The molecule has 2 aromatic rings. The van der Waals surface area contributed by atoms with E-state index in [2.05, 4.69) is 5.32 Å². The van der Waals surface area contributed by atoms with E-state index < -0.39 is 16.1 Å². The third-order valence-electron chi connectivity index (χ3n) is 3.82. The molecule has 2 aromatic carbocycles. The van der Waals surface area contributed by atoms with E-state index in [0.717, 1.165) is 14.2 Å². The van der Waals surface area contributed by atoms with E-state index >= 15 is 0 Å². The highest BCUT2D eigenvalue weighted by Gasteiger charge is 2.27. The number of ether oxygens (including phenoxy) is 1. The van der Waals surface area contributed by atoms with Crippen LogP contribution in [0.15, 0.2) is 54.6 Å². The Morgan fingerprint density at radius 2 is 1.67 bits per heavy atom. The Balaban J connectivity index is 2.13. The van der Waals surface area contributed by atoms with E-state index in [1.54, 1.807) is 30.3 Å². The number of para-hydroxylation sites is 2. The maximum absolute atomic E-state index is 12.6. The third kappa shape index (κ3) is 5.45. The summed E-state index contributed by atoms with van der Waals surface area (Å²) in [4.78, 5) is 12.5. The van der Waals surface area contributed by atoms with Gasteiger partial charge in [-0.05, 0) is 25.1 Å². The molecular weight excluding hydrogens is 366 g/mol. The molecular formula is C19H25N3O4S. The first-order chi connectivity index (χ1) is 12.9. The Morgan fingerprint density at radius 3 is 2.30 bits per heavy atom. The molecule has 7 nitrogen and oxygen atoms in total. The SMILES string of the molecule is CCOc1ccccc1CNC(=O)CN(c1ccccc1)S(=O)(=O)N(C)C. The van der Waals surface area contributed by atoms with Crippen molar-refractivity contribution in [3.05, 3.63) is 60.2 Å². The van der Waals surface area contributed by atoms with Crippen molar-refractivity contribution >= 4 is 21.8 Å². The first kappa shape index (κ1) is 20.7. The van der Waals surface area contributed by atoms with Gasteiger partial charge >= 0.3 is 10.2 Å². The van der Waals surface area contributed by atoms with Crippen LogP contribution in [0.3, 0.4) is 0 Å². The number of nitrogens with zero attached hydrogens (tertiary/aromatic N) is 2. The number of rotatable bonds is 9. The number of carbonyl (C=O) groups excluding carboxylic acids is 1. The standard InChI is InChI=1S/C19H25N3O4S/c1-4-26-18-13-9-8-10-16(18)14-20-19(23)15-22(27(24,25)21(2)3)17-11-6-5-7-12-17/h5-13H,4,14-15H2,1-3H3,(H,20,23). The van der Waals surface area contributed by atoms with Crippen LogP contribution >= 0.6 is 0 Å². The molecule has 0 bridgehead atoms. The molecule has 0 aromatic heterocycles. The Bertz CT molecular complexity index is 854. The first-order valence-electron chi connectivity index (χ1n) is 8.59. The molecule has 0 atom stereocenters. The monoisotopic (exact) mass is 391 g/mol. The number of hydrogen-bond donors (Lipinski definition) is 1. The van der Waals surface area contributed by atoms with Crippen LogP contribution in [-0.4, -0.2) is 45.9 Å². The second-order valence-corrected chi connectivity index (χ2v) is 8.02.